The maximum absolute atomic E-state index is 13.1. The van der Waals surface area contributed by atoms with Gasteiger partial charge in [-0.25, -0.2) is 13.4 Å². The molecule has 0 saturated carbocycles. The van der Waals surface area contributed by atoms with E-state index < -0.39 is 10.0 Å². The van der Waals surface area contributed by atoms with Gasteiger partial charge in [0.15, 0.2) is 0 Å². The molecule has 1 aromatic heterocycles. The minimum Gasteiger partial charge on any atom is -0.379 e. The molecule has 1 saturated heterocycles. The lowest BCUT2D eigenvalue weighted by Gasteiger charge is -2.30. The molecule has 0 bridgehead atoms. The highest BCUT2D eigenvalue weighted by Gasteiger charge is 2.27. The smallest absolute Gasteiger partial charge is 0.243 e. The number of aryl methyl sites for hydroxylation is 1. The zero-order valence-corrected chi connectivity index (χ0v) is 19.2. The SMILES string of the molecule is CCn1c(CN2CCSc3ccccc32)nc2cc(S(=O)(=O)N3CCOCC3)ccc21. The standard InChI is InChI=1S/C22H26N4O3S2/c1-2-26-19-8-7-17(31(27,28)25-9-12-29-13-10-25)15-18(19)23-22(26)16-24-11-14-30-21-6-4-3-5-20(21)24/h3-8,15H,2,9-14,16H2,1H3. The summed E-state index contributed by atoms with van der Waals surface area (Å²) in [5.74, 6) is 2.01. The summed E-state index contributed by atoms with van der Waals surface area (Å²) >= 11 is 1.89. The monoisotopic (exact) mass is 458 g/mol. The molecule has 0 unspecified atom stereocenters. The Bertz CT molecular complexity index is 1200. The van der Waals surface area contributed by atoms with Gasteiger partial charge in [-0.1, -0.05) is 12.1 Å². The summed E-state index contributed by atoms with van der Waals surface area (Å²) in [5, 5.41) is 0. The molecular formula is C22H26N4O3S2. The number of anilines is 1. The van der Waals surface area contributed by atoms with E-state index in [1.165, 1.54) is 14.9 Å². The molecule has 0 atom stereocenters. The summed E-state index contributed by atoms with van der Waals surface area (Å²) in [4.78, 5) is 8.84. The number of imidazole rings is 1. The lowest BCUT2D eigenvalue weighted by molar-refractivity contribution is 0.0730. The van der Waals surface area contributed by atoms with E-state index in [4.69, 9.17) is 9.72 Å². The molecule has 5 rings (SSSR count). The fraction of sp³-hybridized carbons (Fsp3) is 0.409. The number of nitrogens with zero attached hydrogens (tertiary/aromatic N) is 4. The number of ether oxygens (including phenoxy) is 1. The summed E-state index contributed by atoms with van der Waals surface area (Å²) in [6.07, 6.45) is 0. The van der Waals surface area contributed by atoms with E-state index in [1.807, 2.05) is 17.8 Å². The number of thioether (sulfide) groups is 1. The van der Waals surface area contributed by atoms with Crippen LogP contribution in [0.1, 0.15) is 12.7 Å². The van der Waals surface area contributed by atoms with E-state index in [1.54, 1.807) is 12.1 Å². The zero-order valence-electron chi connectivity index (χ0n) is 17.5. The van der Waals surface area contributed by atoms with Crippen molar-refractivity contribution < 1.29 is 13.2 Å². The summed E-state index contributed by atoms with van der Waals surface area (Å²) < 4.78 is 35.1. The Balaban J connectivity index is 1.49. The third-order valence-electron chi connectivity index (χ3n) is 5.88. The van der Waals surface area contributed by atoms with Gasteiger partial charge in [0.25, 0.3) is 0 Å². The van der Waals surface area contributed by atoms with Gasteiger partial charge in [-0.05, 0) is 37.3 Å². The normalized spacial score (nSPS) is 17.8. The number of para-hydroxylation sites is 1. The van der Waals surface area contributed by atoms with Gasteiger partial charge in [-0.3, -0.25) is 0 Å². The molecular weight excluding hydrogens is 432 g/mol. The van der Waals surface area contributed by atoms with Crippen LogP contribution >= 0.6 is 11.8 Å². The Hall–Kier alpha value is -2.07. The molecule has 7 nitrogen and oxygen atoms in total. The van der Waals surface area contributed by atoms with Crippen LogP contribution in [0.3, 0.4) is 0 Å². The van der Waals surface area contributed by atoms with Crippen LogP contribution in [0.4, 0.5) is 5.69 Å². The topological polar surface area (TPSA) is 67.7 Å². The van der Waals surface area contributed by atoms with E-state index in [0.29, 0.717) is 37.7 Å². The van der Waals surface area contributed by atoms with Crippen LogP contribution in [0, 0.1) is 0 Å². The average Bonchev–Trinajstić information content (AvgIpc) is 3.16. The Kier molecular flexibility index (Phi) is 5.68. The first-order valence-corrected chi connectivity index (χ1v) is 13.0. The highest BCUT2D eigenvalue weighted by Crippen LogP contribution is 2.35. The molecule has 2 aromatic carbocycles. The van der Waals surface area contributed by atoms with Crippen molar-refractivity contribution in [3.63, 3.8) is 0 Å². The first kappa shape index (κ1) is 20.8. The maximum Gasteiger partial charge on any atom is 0.243 e. The van der Waals surface area contributed by atoms with Crippen molar-refractivity contribution in [1.82, 2.24) is 13.9 Å². The van der Waals surface area contributed by atoms with Crippen molar-refractivity contribution in [3.8, 4) is 0 Å². The van der Waals surface area contributed by atoms with Gasteiger partial charge >= 0.3 is 0 Å². The molecule has 31 heavy (non-hydrogen) atoms. The Morgan fingerprint density at radius 3 is 2.71 bits per heavy atom. The van der Waals surface area contributed by atoms with Crippen molar-refractivity contribution in [1.29, 1.82) is 0 Å². The minimum absolute atomic E-state index is 0.300. The van der Waals surface area contributed by atoms with Gasteiger partial charge in [0.1, 0.15) is 5.82 Å². The van der Waals surface area contributed by atoms with Crippen LogP contribution in [0.5, 0.6) is 0 Å². The molecule has 0 aliphatic carbocycles. The summed E-state index contributed by atoms with van der Waals surface area (Å²) in [5.41, 5.74) is 2.94. The maximum atomic E-state index is 13.1. The average molecular weight is 459 g/mol. The van der Waals surface area contributed by atoms with Crippen molar-refractivity contribution in [2.45, 2.75) is 29.8 Å². The molecule has 0 amide bonds. The zero-order chi connectivity index (χ0) is 21.4. The molecule has 2 aliphatic heterocycles. The molecule has 0 N–H and O–H groups in total. The van der Waals surface area contributed by atoms with E-state index in [2.05, 4.69) is 40.7 Å². The van der Waals surface area contributed by atoms with Gasteiger partial charge in [0.2, 0.25) is 10.0 Å². The van der Waals surface area contributed by atoms with Gasteiger partial charge in [0, 0.05) is 36.8 Å². The fourth-order valence-corrected chi connectivity index (χ4v) is 6.77. The van der Waals surface area contributed by atoms with Crippen LogP contribution < -0.4 is 4.90 Å². The molecule has 3 heterocycles. The number of hydrogen-bond acceptors (Lipinski definition) is 6. The predicted molar refractivity (Wildman–Crippen MR) is 123 cm³/mol. The summed E-state index contributed by atoms with van der Waals surface area (Å²) in [6, 6.07) is 13.8. The first-order valence-electron chi connectivity index (χ1n) is 10.6. The van der Waals surface area contributed by atoms with Gasteiger partial charge in [-0.2, -0.15) is 4.31 Å². The van der Waals surface area contributed by atoms with E-state index >= 15 is 0 Å². The molecule has 2 aliphatic rings. The number of morpholine rings is 1. The third-order valence-corrected chi connectivity index (χ3v) is 8.82. The van der Waals surface area contributed by atoms with E-state index in [-0.39, 0.29) is 0 Å². The Labute approximate surface area is 187 Å². The number of fused-ring (bicyclic) bond motifs is 2. The van der Waals surface area contributed by atoms with Crippen LogP contribution in [0.25, 0.3) is 11.0 Å². The largest absolute Gasteiger partial charge is 0.379 e. The predicted octanol–water partition coefficient (Wildman–Crippen LogP) is 3.19. The van der Waals surface area contributed by atoms with Gasteiger partial charge in [-0.15, -0.1) is 11.8 Å². The van der Waals surface area contributed by atoms with Crippen LogP contribution in [0.2, 0.25) is 0 Å². The first-order chi connectivity index (χ1) is 15.1. The molecule has 0 spiro atoms. The number of sulfonamides is 1. The Morgan fingerprint density at radius 1 is 1.10 bits per heavy atom. The summed E-state index contributed by atoms with van der Waals surface area (Å²) in [7, 11) is -3.54. The second-order valence-corrected chi connectivity index (χ2v) is 10.8. The second-order valence-electron chi connectivity index (χ2n) is 7.68. The van der Waals surface area contributed by atoms with Crippen LogP contribution in [-0.2, 0) is 27.8 Å². The number of benzene rings is 2. The molecule has 164 valence electrons. The Morgan fingerprint density at radius 2 is 1.90 bits per heavy atom. The highest BCUT2D eigenvalue weighted by molar-refractivity contribution is 7.99. The third kappa shape index (κ3) is 3.84. The second kappa shape index (κ2) is 8.46. The van der Waals surface area contributed by atoms with Crippen LogP contribution in [0.15, 0.2) is 52.3 Å². The minimum atomic E-state index is -3.54. The lowest BCUT2D eigenvalue weighted by Crippen LogP contribution is -2.40. The molecule has 0 radical (unpaired) electrons. The highest BCUT2D eigenvalue weighted by atomic mass is 32.2. The van der Waals surface area contributed by atoms with Crippen molar-refractivity contribution in [2.24, 2.45) is 0 Å². The number of aromatic nitrogens is 2. The van der Waals surface area contributed by atoms with E-state index in [0.717, 1.165) is 35.7 Å². The molecule has 9 heteroatoms. The van der Waals surface area contributed by atoms with Crippen molar-refractivity contribution in [3.05, 3.63) is 48.3 Å². The molecule has 1 fully saturated rings. The van der Waals surface area contributed by atoms with Gasteiger partial charge in [0.05, 0.1) is 41.4 Å². The van der Waals surface area contributed by atoms with Crippen molar-refractivity contribution >= 4 is 38.5 Å². The van der Waals surface area contributed by atoms with E-state index in [9.17, 15) is 8.42 Å². The summed E-state index contributed by atoms with van der Waals surface area (Å²) in [6.45, 7) is 6.20. The molecule has 3 aromatic rings. The number of hydrogen-bond donors (Lipinski definition) is 0. The van der Waals surface area contributed by atoms with Gasteiger partial charge < -0.3 is 14.2 Å². The van der Waals surface area contributed by atoms with Crippen LogP contribution in [-0.4, -0.2) is 60.9 Å². The fourth-order valence-electron chi connectivity index (χ4n) is 4.29. The number of rotatable bonds is 5. The lowest BCUT2D eigenvalue weighted by atomic mass is 10.2. The van der Waals surface area contributed by atoms with Crippen molar-refractivity contribution in [2.75, 3.05) is 43.5 Å². The quantitative estimate of drug-likeness (QED) is 0.585.